The second kappa shape index (κ2) is 8.41. The van der Waals surface area contributed by atoms with Gasteiger partial charge in [0.2, 0.25) is 11.6 Å². The molecule has 3 rings (SSSR count). The van der Waals surface area contributed by atoms with Crippen molar-refractivity contribution in [1.82, 2.24) is 9.97 Å². The number of carbonyl (C=O) groups is 1. The average Bonchev–Trinajstić information content (AvgIpc) is 2.69. The van der Waals surface area contributed by atoms with Gasteiger partial charge < -0.3 is 19.7 Å². The Morgan fingerprint density at radius 1 is 1.33 bits per heavy atom. The van der Waals surface area contributed by atoms with Crippen molar-refractivity contribution in [1.29, 1.82) is 0 Å². The molecular formula is C17H19N5O5. The Hall–Kier alpha value is -3.27. The fourth-order valence-electron chi connectivity index (χ4n) is 2.74. The number of benzene rings is 1. The summed E-state index contributed by atoms with van der Waals surface area (Å²) < 4.78 is 10.3. The minimum Gasteiger partial charge on any atom is -0.462 e. The Bertz CT molecular complexity index is 838. The minimum absolute atomic E-state index is 0.00763. The number of nitro groups is 1. The fraction of sp³-hybridized carbons (Fsp3) is 0.353. The van der Waals surface area contributed by atoms with E-state index < -0.39 is 10.9 Å². The summed E-state index contributed by atoms with van der Waals surface area (Å²) in [6, 6.07) is 6.61. The molecule has 1 N–H and O–H groups in total. The van der Waals surface area contributed by atoms with E-state index in [9.17, 15) is 14.9 Å². The van der Waals surface area contributed by atoms with E-state index in [2.05, 4.69) is 15.3 Å². The van der Waals surface area contributed by atoms with Gasteiger partial charge in [0.25, 0.3) is 0 Å². The first-order chi connectivity index (χ1) is 13.1. The molecule has 0 spiro atoms. The number of esters is 1. The molecule has 0 atom stereocenters. The number of nitrogens with zero attached hydrogens (tertiary/aromatic N) is 4. The molecule has 1 fully saturated rings. The van der Waals surface area contributed by atoms with Gasteiger partial charge in [-0.3, -0.25) is 10.1 Å². The number of hydrogen-bond donors (Lipinski definition) is 1. The van der Waals surface area contributed by atoms with Crippen LogP contribution in [0.15, 0.2) is 30.6 Å². The van der Waals surface area contributed by atoms with Gasteiger partial charge in [-0.2, -0.15) is 0 Å². The van der Waals surface area contributed by atoms with Crippen LogP contribution in [0.25, 0.3) is 0 Å². The van der Waals surface area contributed by atoms with Crippen LogP contribution in [0.1, 0.15) is 17.3 Å². The van der Waals surface area contributed by atoms with Gasteiger partial charge in [0, 0.05) is 13.1 Å². The zero-order valence-corrected chi connectivity index (χ0v) is 14.8. The highest BCUT2D eigenvalue weighted by Crippen LogP contribution is 2.34. The first kappa shape index (κ1) is 18.5. The van der Waals surface area contributed by atoms with Crippen molar-refractivity contribution >= 4 is 29.0 Å². The van der Waals surface area contributed by atoms with Gasteiger partial charge in [0.1, 0.15) is 6.33 Å². The van der Waals surface area contributed by atoms with Crippen molar-refractivity contribution in [3.63, 3.8) is 0 Å². The topological polar surface area (TPSA) is 120 Å². The Labute approximate surface area is 155 Å². The van der Waals surface area contributed by atoms with E-state index in [0.29, 0.717) is 32.0 Å². The van der Waals surface area contributed by atoms with Gasteiger partial charge in [0.15, 0.2) is 0 Å². The molecule has 1 aliphatic heterocycles. The molecule has 1 saturated heterocycles. The molecule has 10 nitrogen and oxygen atoms in total. The molecular weight excluding hydrogens is 354 g/mol. The van der Waals surface area contributed by atoms with Crippen LogP contribution in [0.4, 0.5) is 23.0 Å². The summed E-state index contributed by atoms with van der Waals surface area (Å²) in [6.45, 7) is 3.86. The number of nitrogens with one attached hydrogen (secondary N) is 1. The normalized spacial score (nSPS) is 13.9. The molecule has 1 aliphatic rings. The van der Waals surface area contributed by atoms with E-state index in [1.807, 2.05) is 0 Å². The lowest BCUT2D eigenvalue weighted by Crippen LogP contribution is -2.37. The second-order valence-corrected chi connectivity index (χ2v) is 5.64. The van der Waals surface area contributed by atoms with Crippen LogP contribution in [-0.2, 0) is 9.47 Å². The first-order valence-corrected chi connectivity index (χ1v) is 8.47. The third kappa shape index (κ3) is 4.11. The molecule has 0 saturated carbocycles. The quantitative estimate of drug-likeness (QED) is 0.461. The third-order valence-corrected chi connectivity index (χ3v) is 3.97. The zero-order chi connectivity index (χ0) is 19.2. The summed E-state index contributed by atoms with van der Waals surface area (Å²) in [7, 11) is 0. The largest absolute Gasteiger partial charge is 0.462 e. The van der Waals surface area contributed by atoms with Crippen LogP contribution in [-0.4, -0.2) is 53.8 Å². The smallest absolute Gasteiger partial charge is 0.353 e. The lowest BCUT2D eigenvalue weighted by Gasteiger charge is -2.27. The molecule has 2 heterocycles. The van der Waals surface area contributed by atoms with E-state index >= 15 is 0 Å². The van der Waals surface area contributed by atoms with Gasteiger partial charge in [0.05, 0.1) is 36.0 Å². The highest BCUT2D eigenvalue weighted by Gasteiger charge is 2.28. The number of aromatic nitrogens is 2. The van der Waals surface area contributed by atoms with E-state index in [1.165, 1.54) is 6.33 Å². The van der Waals surface area contributed by atoms with Gasteiger partial charge in [-0.1, -0.05) is 12.1 Å². The maximum Gasteiger partial charge on any atom is 0.353 e. The Balaban J connectivity index is 1.98. The Morgan fingerprint density at radius 3 is 2.78 bits per heavy atom. The molecule has 0 unspecified atom stereocenters. The summed E-state index contributed by atoms with van der Waals surface area (Å²) in [6.07, 6.45) is 1.26. The lowest BCUT2D eigenvalue weighted by atomic mass is 10.1. The van der Waals surface area contributed by atoms with Crippen LogP contribution in [0, 0.1) is 10.1 Å². The molecule has 1 aromatic heterocycles. The van der Waals surface area contributed by atoms with Crippen LogP contribution < -0.4 is 10.2 Å². The summed E-state index contributed by atoms with van der Waals surface area (Å²) in [5.41, 5.74) is 0.379. The molecule has 0 aliphatic carbocycles. The zero-order valence-electron chi connectivity index (χ0n) is 14.8. The molecule has 0 amide bonds. The van der Waals surface area contributed by atoms with Crippen molar-refractivity contribution in [2.75, 3.05) is 43.1 Å². The van der Waals surface area contributed by atoms with E-state index in [1.54, 1.807) is 36.1 Å². The van der Waals surface area contributed by atoms with Crippen molar-refractivity contribution in [3.8, 4) is 0 Å². The van der Waals surface area contributed by atoms with E-state index in [-0.39, 0.29) is 29.5 Å². The van der Waals surface area contributed by atoms with Gasteiger partial charge in [-0.25, -0.2) is 14.8 Å². The highest BCUT2D eigenvalue weighted by molar-refractivity contribution is 5.96. The predicted octanol–water partition coefficient (Wildman–Crippen LogP) is 2.14. The standard InChI is InChI=1S/C17H19N5O5/c1-2-27-17(23)12-5-3-4-6-13(12)20-15-14(22(24)25)16(19-11-18-15)21-7-9-26-10-8-21/h3-6,11H,2,7-10H2,1H3,(H,18,19,20). The SMILES string of the molecule is CCOC(=O)c1ccccc1Nc1ncnc(N2CCOCC2)c1[N+](=O)[O-]. The maximum absolute atomic E-state index is 12.1. The van der Waals surface area contributed by atoms with E-state index in [0.717, 1.165) is 0 Å². The van der Waals surface area contributed by atoms with Crippen molar-refractivity contribution in [2.45, 2.75) is 6.92 Å². The summed E-state index contributed by atoms with van der Waals surface area (Å²) in [5, 5.41) is 14.6. The van der Waals surface area contributed by atoms with Gasteiger partial charge in [-0.05, 0) is 19.1 Å². The Kier molecular flexibility index (Phi) is 5.77. The minimum atomic E-state index is -0.528. The predicted molar refractivity (Wildman–Crippen MR) is 97.4 cm³/mol. The van der Waals surface area contributed by atoms with Crippen LogP contribution in [0.2, 0.25) is 0 Å². The molecule has 0 bridgehead atoms. The summed E-state index contributed by atoms with van der Waals surface area (Å²) in [5.74, 6) is -0.298. The van der Waals surface area contributed by atoms with Crippen LogP contribution in [0.3, 0.4) is 0 Å². The Morgan fingerprint density at radius 2 is 2.07 bits per heavy atom. The number of rotatable bonds is 6. The van der Waals surface area contributed by atoms with Gasteiger partial charge >= 0.3 is 11.7 Å². The molecule has 2 aromatic rings. The van der Waals surface area contributed by atoms with Gasteiger partial charge in [-0.15, -0.1) is 0 Å². The van der Waals surface area contributed by atoms with Crippen LogP contribution in [0.5, 0.6) is 0 Å². The fourth-order valence-corrected chi connectivity index (χ4v) is 2.74. The van der Waals surface area contributed by atoms with Crippen molar-refractivity contribution < 1.29 is 19.2 Å². The number of ether oxygens (including phenoxy) is 2. The number of carbonyl (C=O) groups excluding carboxylic acids is 1. The average molecular weight is 373 g/mol. The monoisotopic (exact) mass is 373 g/mol. The molecule has 10 heteroatoms. The second-order valence-electron chi connectivity index (χ2n) is 5.64. The number of hydrogen-bond acceptors (Lipinski definition) is 9. The molecule has 142 valence electrons. The highest BCUT2D eigenvalue weighted by atomic mass is 16.6. The van der Waals surface area contributed by atoms with Crippen LogP contribution >= 0.6 is 0 Å². The number of morpholine rings is 1. The lowest BCUT2D eigenvalue weighted by molar-refractivity contribution is -0.383. The van der Waals surface area contributed by atoms with Crippen molar-refractivity contribution in [2.24, 2.45) is 0 Å². The first-order valence-electron chi connectivity index (χ1n) is 8.47. The molecule has 27 heavy (non-hydrogen) atoms. The van der Waals surface area contributed by atoms with Crippen molar-refractivity contribution in [3.05, 3.63) is 46.3 Å². The van der Waals surface area contributed by atoms with E-state index in [4.69, 9.17) is 9.47 Å². The number of anilines is 3. The molecule has 0 radical (unpaired) electrons. The molecule has 1 aromatic carbocycles. The maximum atomic E-state index is 12.1. The summed E-state index contributed by atoms with van der Waals surface area (Å²) >= 11 is 0. The number of para-hydroxylation sites is 1. The third-order valence-electron chi connectivity index (χ3n) is 3.97. The summed E-state index contributed by atoms with van der Waals surface area (Å²) in [4.78, 5) is 33.2.